The van der Waals surface area contributed by atoms with E-state index in [2.05, 4.69) is 39.8 Å². The van der Waals surface area contributed by atoms with Gasteiger partial charge in [0, 0.05) is 11.5 Å². The van der Waals surface area contributed by atoms with E-state index in [4.69, 9.17) is 9.47 Å². The summed E-state index contributed by atoms with van der Waals surface area (Å²) in [7, 11) is 0. The SMILES string of the molecule is CCCCCCC(C)(C)c1cc(O)c(C2C=C(C)CCC2)c(OCOC(=O)C(C)(C)C)c1. The molecule has 0 aliphatic heterocycles. The number of aromatic hydroxyl groups is 1. The molecule has 1 atom stereocenters. The average Bonchev–Trinajstić information content (AvgIpc) is 2.70. The van der Waals surface area contributed by atoms with Crippen molar-refractivity contribution < 1.29 is 19.4 Å². The van der Waals surface area contributed by atoms with Gasteiger partial charge in [-0.1, -0.05) is 58.1 Å². The van der Waals surface area contributed by atoms with E-state index in [0.717, 1.165) is 43.2 Å². The maximum Gasteiger partial charge on any atom is 0.314 e. The largest absolute Gasteiger partial charge is 0.507 e. The van der Waals surface area contributed by atoms with Crippen LogP contribution in [0, 0.1) is 5.41 Å². The Kier molecular flexibility index (Phi) is 9.24. The maximum atomic E-state index is 12.2. The van der Waals surface area contributed by atoms with Gasteiger partial charge in [-0.25, -0.2) is 0 Å². The van der Waals surface area contributed by atoms with Crippen molar-refractivity contribution in [1.82, 2.24) is 0 Å². The van der Waals surface area contributed by atoms with Crippen LogP contribution < -0.4 is 4.74 Å². The fraction of sp³-hybridized carbons (Fsp3) is 0.679. The lowest BCUT2D eigenvalue weighted by Gasteiger charge is -2.29. The van der Waals surface area contributed by atoms with Crippen LogP contribution in [0.4, 0.5) is 0 Å². The van der Waals surface area contributed by atoms with Gasteiger partial charge >= 0.3 is 5.97 Å². The number of ether oxygens (including phenoxy) is 2. The molecular formula is C28H44O4. The number of rotatable bonds is 10. The van der Waals surface area contributed by atoms with Crippen LogP contribution in [0.3, 0.4) is 0 Å². The van der Waals surface area contributed by atoms with Gasteiger partial charge in [0.1, 0.15) is 11.5 Å². The third-order valence-electron chi connectivity index (χ3n) is 6.52. The molecule has 0 bridgehead atoms. The number of benzene rings is 1. The molecule has 0 amide bonds. The predicted octanol–water partition coefficient (Wildman–Crippen LogP) is 7.78. The van der Waals surface area contributed by atoms with Crippen LogP contribution >= 0.6 is 0 Å². The minimum atomic E-state index is -0.583. The average molecular weight is 445 g/mol. The van der Waals surface area contributed by atoms with Crippen molar-refractivity contribution in [3.8, 4) is 11.5 Å². The van der Waals surface area contributed by atoms with Crippen LogP contribution in [-0.4, -0.2) is 17.9 Å². The molecule has 0 saturated heterocycles. The zero-order valence-corrected chi connectivity index (χ0v) is 21.3. The highest BCUT2D eigenvalue weighted by Crippen LogP contribution is 2.44. The highest BCUT2D eigenvalue weighted by Gasteiger charge is 2.28. The van der Waals surface area contributed by atoms with Crippen molar-refractivity contribution in [2.24, 2.45) is 5.41 Å². The highest BCUT2D eigenvalue weighted by atomic mass is 16.7. The molecule has 0 heterocycles. The summed E-state index contributed by atoms with van der Waals surface area (Å²) >= 11 is 0. The summed E-state index contributed by atoms with van der Waals surface area (Å²) in [5.74, 6) is 0.708. The number of phenolic OH excluding ortho intramolecular Hbond substituents is 1. The van der Waals surface area contributed by atoms with Crippen molar-refractivity contribution in [3.05, 3.63) is 34.9 Å². The van der Waals surface area contributed by atoms with Crippen LogP contribution in [0.1, 0.15) is 117 Å². The van der Waals surface area contributed by atoms with Gasteiger partial charge in [-0.3, -0.25) is 4.79 Å². The molecule has 1 unspecified atom stereocenters. The van der Waals surface area contributed by atoms with Gasteiger partial charge < -0.3 is 14.6 Å². The molecule has 1 aliphatic rings. The van der Waals surface area contributed by atoms with E-state index in [9.17, 15) is 9.90 Å². The molecular weight excluding hydrogens is 400 g/mol. The molecule has 1 aromatic rings. The van der Waals surface area contributed by atoms with E-state index in [1.807, 2.05) is 26.8 Å². The Morgan fingerprint density at radius 3 is 2.47 bits per heavy atom. The number of allylic oxidation sites excluding steroid dienone is 2. The zero-order valence-electron chi connectivity index (χ0n) is 21.3. The lowest BCUT2D eigenvalue weighted by molar-refractivity contribution is -0.159. The van der Waals surface area contributed by atoms with Crippen LogP contribution in [-0.2, 0) is 14.9 Å². The van der Waals surface area contributed by atoms with E-state index in [-0.39, 0.29) is 29.8 Å². The van der Waals surface area contributed by atoms with Crippen molar-refractivity contribution in [2.45, 2.75) is 111 Å². The van der Waals surface area contributed by atoms with Gasteiger partial charge in [0.25, 0.3) is 0 Å². The molecule has 0 spiro atoms. The molecule has 4 nitrogen and oxygen atoms in total. The first-order valence-corrected chi connectivity index (χ1v) is 12.3. The summed E-state index contributed by atoms with van der Waals surface area (Å²) in [6.45, 7) is 14.1. The number of carbonyl (C=O) groups is 1. The lowest BCUT2D eigenvalue weighted by atomic mass is 9.78. The second-order valence-corrected chi connectivity index (χ2v) is 11.1. The standard InChI is InChI=1S/C28H44O4/c1-8-9-10-11-15-28(6,7)22-17-23(29)25(21-14-12-13-20(2)16-21)24(18-22)31-19-32-26(30)27(3,4)5/h16-18,21,29H,8-15,19H2,1-7H3. The lowest BCUT2D eigenvalue weighted by Crippen LogP contribution is -2.25. The Morgan fingerprint density at radius 1 is 1.12 bits per heavy atom. The maximum absolute atomic E-state index is 12.2. The first kappa shape index (κ1) is 26.3. The quantitative estimate of drug-likeness (QED) is 0.173. The Bertz CT molecular complexity index is 798. The van der Waals surface area contributed by atoms with Gasteiger partial charge in [0.05, 0.1) is 5.41 Å². The Hall–Kier alpha value is -1.97. The second-order valence-electron chi connectivity index (χ2n) is 11.1. The van der Waals surface area contributed by atoms with Gasteiger partial charge in [0.2, 0.25) is 6.79 Å². The number of carbonyl (C=O) groups excluding carboxylic acids is 1. The van der Waals surface area contributed by atoms with E-state index < -0.39 is 5.41 Å². The van der Waals surface area contributed by atoms with E-state index in [1.54, 1.807) is 0 Å². The normalized spacial score (nSPS) is 17.1. The monoisotopic (exact) mass is 444 g/mol. The minimum absolute atomic E-state index is 0.0811. The molecule has 0 aromatic heterocycles. The number of hydrogen-bond donors (Lipinski definition) is 1. The van der Waals surface area contributed by atoms with Crippen molar-refractivity contribution in [3.63, 3.8) is 0 Å². The van der Waals surface area contributed by atoms with Crippen LogP contribution in [0.15, 0.2) is 23.8 Å². The summed E-state index contributed by atoms with van der Waals surface area (Å²) < 4.78 is 11.4. The molecule has 0 fully saturated rings. The van der Waals surface area contributed by atoms with E-state index >= 15 is 0 Å². The summed E-state index contributed by atoms with van der Waals surface area (Å²) in [4.78, 5) is 12.2. The number of unbranched alkanes of at least 4 members (excludes halogenated alkanes) is 3. The molecule has 1 N–H and O–H groups in total. The van der Waals surface area contributed by atoms with Gasteiger partial charge in [-0.15, -0.1) is 0 Å². The van der Waals surface area contributed by atoms with Gasteiger partial charge in [-0.05, 0) is 76.5 Å². The second kappa shape index (κ2) is 11.2. The molecule has 0 saturated carbocycles. The summed E-state index contributed by atoms with van der Waals surface area (Å²) in [6.07, 6.45) is 11.3. The van der Waals surface area contributed by atoms with Gasteiger partial charge in [-0.2, -0.15) is 0 Å². The van der Waals surface area contributed by atoms with Crippen LogP contribution in [0.2, 0.25) is 0 Å². The Labute approximate surface area is 195 Å². The fourth-order valence-corrected chi connectivity index (χ4v) is 4.33. The first-order chi connectivity index (χ1) is 15.0. The Balaban J connectivity index is 2.32. The predicted molar refractivity (Wildman–Crippen MR) is 131 cm³/mol. The summed E-state index contributed by atoms with van der Waals surface area (Å²) in [5.41, 5.74) is 2.54. The number of esters is 1. The van der Waals surface area contributed by atoms with E-state index in [0.29, 0.717) is 5.75 Å². The van der Waals surface area contributed by atoms with Gasteiger partial charge in [0.15, 0.2) is 0 Å². The first-order valence-electron chi connectivity index (χ1n) is 12.3. The number of hydrogen-bond acceptors (Lipinski definition) is 4. The highest BCUT2D eigenvalue weighted by molar-refractivity contribution is 5.75. The molecule has 1 aliphatic carbocycles. The fourth-order valence-electron chi connectivity index (χ4n) is 4.33. The molecule has 0 radical (unpaired) electrons. The Morgan fingerprint density at radius 2 is 1.84 bits per heavy atom. The molecule has 1 aromatic carbocycles. The topological polar surface area (TPSA) is 55.8 Å². The molecule has 32 heavy (non-hydrogen) atoms. The van der Waals surface area contributed by atoms with Crippen molar-refractivity contribution in [2.75, 3.05) is 6.79 Å². The van der Waals surface area contributed by atoms with E-state index in [1.165, 1.54) is 24.8 Å². The summed E-state index contributed by atoms with van der Waals surface area (Å²) in [6, 6.07) is 3.97. The molecule has 4 heteroatoms. The third kappa shape index (κ3) is 7.28. The van der Waals surface area contributed by atoms with Crippen LogP contribution in [0.25, 0.3) is 0 Å². The summed E-state index contributed by atoms with van der Waals surface area (Å²) in [5, 5.41) is 11.1. The van der Waals surface area contributed by atoms with Crippen LogP contribution in [0.5, 0.6) is 11.5 Å². The molecule has 180 valence electrons. The van der Waals surface area contributed by atoms with Crippen molar-refractivity contribution >= 4 is 5.97 Å². The zero-order chi connectivity index (χ0) is 23.9. The third-order valence-corrected chi connectivity index (χ3v) is 6.52. The van der Waals surface area contributed by atoms with Crippen molar-refractivity contribution in [1.29, 1.82) is 0 Å². The number of phenols is 1. The minimum Gasteiger partial charge on any atom is -0.507 e. The molecule has 2 rings (SSSR count). The smallest absolute Gasteiger partial charge is 0.314 e.